The van der Waals surface area contributed by atoms with Crippen LogP contribution in [0.25, 0.3) is 0 Å². The molecule has 5 heteroatoms. The van der Waals surface area contributed by atoms with Crippen LogP contribution in [0.5, 0.6) is 0 Å². The van der Waals surface area contributed by atoms with Crippen LogP contribution >= 0.6 is 0 Å². The molecule has 0 bridgehead atoms. The van der Waals surface area contributed by atoms with E-state index in [-0.39, 0.29) is 5.70 Å². The van der Waals surface area contributed by atoms with Crippen molar-refractivity contribution in [3.63, 3.8) is 0 Å². The second kappa shape index (κ2) is 2.02. The van der Waals surface area contributed by atoms with Gasteiger partial charge < -0.3 is 5.43 Å². The summed E-state index contributed by atoms with van der Waals surface area (Å²) in [6.07, 6.45) is 2.40. The Labute approximate surface area is 52.1 Å². The van der Waals surface area contributed by atoms with Crippen LogP contribution in [0.15, 0.2) is 5.70 Å². The number of hydrogen-bond donors (Lipinski definition) is 1. The second-order valence-electron chi connectivity index (χ2n) is 1.80. The first kappa shape index (κ1) is 6.03. The predicted molar refractivity (Wildman–Crippen MR) is 29.5 cm³/mol. The minimum absolute atomic E-state index is 0.0810. The number of hydrazine groups is 1. The van der Waals surface area contributed by atoms with Crippen molar-refractivity contribution in [2.24, 2.45) is 0 Å². The summed E-state index contributed by atoms with van der Waals surface area (Å²) in [4.78, 5) is 9.54. The molecule has 1 aliphatic heterocycles. The van der Waals surface area contributed by atoms with Gasteiger partial charge in [0.25, 0.3) is 5.70 Å². The van der Waals surface area contributed by atoms with Crippen molar-refractivity contribution >= 4 is 0 Å². The summed E-state index contributed by atoms with van der Waals surface area (Å²) in [5.41, 5.74) is 2.64. The maximum atomic E-state index is 9.99. The molecule has 0 aliphatic carbocycles. The van der Waals surface area contributed by atoms with Crippen molar-refractivity contribution in [3.05, 3.63) is 22.0 Å². The smallest absolute Gasteiger partial charge is 0.288 e. The zero-order valence-electron chi connectivity index (χ0n) is 4.92. The quantitative estimate of drug-likeness (QED) is 0.377. The maximum Gasteiger partial charge on any atom is 0.288 e. The minimum Gasteiger partial charge on any atom is -0.311 e. The Morgan fingerprint density at radius 3 is 2.89 bits per heavy atom. The van der Waals surface area contributed by atoms with Crippen molar-refractivity contribution in [2.75, 3.05) is 13.6 Å². The first-order valence-corrected chi connectivity index (χ1v) is 2.43. The van der Waals surface area contributed by atoms with E-state index in [2.05, 4.69) is 11.6 Å². The Morgan fingerprint density at radius 1 is 2.00 bits per heavy atom. The molecule has 0 aromatic heterocycles. The summed E-state index contributed by atoms with van der Waals surface area (Å²) in [5, 5.41) is 11.6. The number of rotatable bonds is 1. The van der Waals surface area contributed by atoms with Gasteiger partial charge in [-0.2, -0.15) is 0 Å². The third-order valence-electron chi connectivity index (χ3n) is 0.998. The Bertz CT molecular complexity index is 165. The fourth-order valence-corrected chi connectivity index (χ4v) is 0.567. The summed E-state index contributed by atoms with van der Waals surface area (Å²) in [6, 6.07) is 0. The maximum absolute atomic E-state index is 9.99. The lowest BCUT2D eigenvalue weighted by Crippen LogP contribution is -2.25. The van der Waals surface area contributed by atoms with Crippen molar-refractivity contribution in [1.29, 1.82) is 0 Å². The van der Waals surface area contributed by atoms with Gasteiger partial charge in [-0.3, -0.25) is 10.1 Å². The molecule has 0 spiro atoms. The van der Waals surface area contributed by atoms with Gasteiger partial charge in [-0.15, -0.1) is 0 Å². The Kier molecular flexibility index (Phi) is 1.35. The van der Waals surface area contributed by atoms with E-state index in [1.165, 1.54) is 0 Å². The van der Waals surface area contributed by atoms with E-state index in [0.29, 0.717) is 6.54 Å². The van der Waals surface area contributed by atoms with Gasteiger partial charge in [0.2, 0.25) is 0 Å². The highest BCUT2D eigenvalue weighted by Gasteiger charge is 2.19. The molecule has 0 aromatic carbocycles. The Morgan fingerprint density at radius 2 is 2.67 bits per heavy atom. The van der Waals surface area contributed by atoms with E-state index in [1.54, 1.807) is 12.1 Å². The van der Waals surface area contributed by atoms with Crippen molar-refractivity contribution in [1.82, 2.24) is 10.4 Å². The zero-order valence-corrected chi connectivity index (χ0v) is 4.92. The van der Waals surface area contributed by atoms with Gasteiger partial charge in [0.05, 0.1) is 4.92 Å². The summed E-state index contributed by atoms with van der Waals surface area (Å²) >= 11 is 0. The van der Waals surface area contributed by atoms with Gasteiger partial charge in [-0.1, -0.05) is 0 Å². The monoisotopic (exact) mass is 128 g/mol. The molecule has 0 atom stereocenters. The van der Waals surface area contributed by atoms with E-state index in [4.69, 9.17) is 0 Å². The average molecular weight is 128 g/mol. The van der Waals surface area contributed by atoms with Gasteiger partial charge >= 0.3 is 0 Å². The van der Waals surface area contributed by atoms with Gasteiger partial charge in [0, 0.05) is 7.05 Å². The minimum atomic E-state index is -0.448. The molecule has 0 saturated carbocycles. The van der Waals surface area contributed by atoms with E-state index in [1.807, 2.05) is 0 Å². The van der Waals surface area contributed by atoms with Crippen molar-refractivity contribution < 1.29 is 4.92 Å². The third-order valence-corrected chi connectivity index (χ3v) is 0.998. The predicted octanol–water partition coefficient (Wildman–Crippen LogP) is -0.642. The highest BCUT2D eigenvalue weighted by molar-refractivity contribution is 4.91. The standard InChI is InChI=1S/C4H6N3O2/c1-6-3-4(2-5-6)7(8)9/h5H,3H2,1H3. The molecular weight excluding hydrogens is 122 g/mol. The van der Waals surface area contributed by atoms with Crippen LogP contribution in [0.4, 0.5) is 0 Å². The number of nitro groups is 1. The van der Waals surface area contributed by atoms with Crippen LogP contribution in [-0.2, 0) is 0 Å². The molecule has 0 unspecified atom stereocenters. The highest BCUT2D eigenvalue weighted by atomic mass is 16.6. The molecule has 0 aromatic rings. The third kappa shape index (κ3) is 1.17. The molecule has 49 valence electrons. The number of hydrogen-bond acceptors (Lipinski definition) is 4. The van der Waals surface area contributed by atoms with E-state index in [0.717, 1.165) is 0 Å². The van der Waals surface area contributed by atoms with E-state index >= 15 is 0 Å². The van der Waals surface area contributed by atoms with Crippen LogP contribution in [-0.4, -0.2) is 23.5 Å². The lowest BCUT2D eigenvalue weighted by atomic mass is 10.5. The van der Waals surface area contributed by atoms with Gasteiger partial charge in [-0.25, -0.2) is 5.01 Å². The van der Waals surface area contributed by atoms with Crippen LogP contribution in [0.3, 0.4) is 0 Å². The number of nitrogens with zero attached hydrogens (tertiary/aromatic N) is 2. The van der Waals surface area contributed by atoms with Crippen molar-refractivity contribution in [3.8, 4) is 0 Å². The van der Waals surface area contributed by atoms with Gasteiger partial charge in [0.15, 0.2) is 6.20 Å². The topological polar surface area (TPSA) is 58.4 Å². The molecule has 0 saturated heterocycles. The largest absolute Gasteiger partial charge is 0.311 e. The fourth-order valence-electron chi connectivity index (χ4n) is 0.567. The van der Waals surface area contributed by atoms with Gasteiger partial charge in [0.1, 0.15) is 6.54 Å². The number of likely N-dealkylation sites (N-methyl/N-ethyl adjacent to an activating group) is 1. The molecule has 1 rings (SSSR count). The van der Waals surface area contributed by atoms with Crippen LogP contribution < -0.4 is 5.43 Å². The van der Waals surface area contributed by atoms with Crippen LogP contribution in [0.2, 0.25) is 0 Å². The first-order chi connectivity index (χ1) is 4.20. The summed E-state index contributed by atoms with van der Waals surface area (Å²) < 4.78 is 0. The molecule has 0 amide bonds. The van der Waals surface area contributed by atoms with Crippen molar-refractivity contribution in [2.45, 2.75) is 0 Å². The lowest BCUT2D eigenvalue weighted by Gasteiger charge is -2.03. The molecule has 5 nitrogen and oxygen atoms in total. The lowest BCUT2D eigenvalue weighted by molar-refractivity contribution is -0.426. The van der Waals surface area contributed by atoms with Crippen LogP contribution in [0, 0.1) is 16.3 Å². The Balaban J connectivity index is 2.55. The molecule has 0 fully saturated rings. The fraction of sp³-hybridized carbons (Fsp3) is 0.500. The van der Waals surface area contributed by atoms with Crippen LogP contribution in [0.1, 0.15) is 0 Å². The first-order valence-electron chi connectivity index (χ1n) is 2.43. The second-order valence-corrected chi connectivity index (χ2v) is 1.80. The summed E-state index contributed by atoms with van der Waals surface area (Å²) in [5.74, 6) is 0. The SMILES string of the molecule is CN1CC([N+](=O)[O-])=[C]N1. The summed E-state index contributed by atoms with van der Waals surface area (Å²) in [7, 11) is 1.71. The molecule has 1 aliphatic rings. The number of nitrogens with one attached hydrogen (secondary N) is 1. The summed E-state index contributed by atoms with van der Waals surface area (Å²) in [6.45, 7) is 0.312. The molecule has 1 heterocycles. The zero-order chi connectivity index (χ0) is 6.85. The van der Waals surface area contributed by atoms with Gasteiger partial charge in [-0.05, 0) is 0 Å². The highest BCUT2D eigenvalue weighted by Crippen LogP contribution is 2.00. The molecule has 1 radical (unpaired) electrons. The van der Waals surface area contributed by atoms with E-state index in [9.17, 15) is 10.1 Å². The normalized spacial score (nSPS) is 19.0. The molecular formula is C4H6N3O2. The molecule has 9 heavy (non-hydrogen) atoms. The average Bonchev–Trinajstić information content (AvgIpc) is 2.14. The molecule has 1 N–H and O–H groups in total. The Hall–Kier alpha value is -1.10. The van der Waals surface area contributed by atoms with E-state index < -0.39 is 4.92 Å².